The summed E-state index contributed by atoms with van der Waals surface area (Å²) in [5, 5.41) is 19.2. The van der Waals surface area contributed by atoms with Crippen molar-refractivity contribution in [2.75, 3.05) is 61.9 Å². The number of esters is 1. The summed E-state index contributed by atoms with van der Waals surface area (Å²) in [6, 6.07) is 21.7. The van der Waals surface area contributed by atoms with Gasteiger partial charge in [-0.2, -0.15) is 0 Å². The van der Waals surface area contributed by atoms with Crippen LogP contribution in [0.5, 0.6) is 40.2 Å². The molecule has 1 aromatic heterocycles. The highest BCUT2D eigenvalue weighted by molar-refractivity contribution is 6.01. The summed E-state index contributed by atoms with van der Waals surface area (Å²) in [4.78, 5) is 85.7. The number of nitrogens with zero attached hydrogens (tertiary/aromatic N) is 6. The number of ether oxygens (including phenoxy) is 9. The maximum Gasteiger partial charge on any atom is 0.335 e. The van der Waals surface area contributed by atoms with E-state index in [1.165, 1.54) is 21.3 Å². The minimum absolute atomic E-state index is 0.0575. The van der Waals surface area contributed by atoms with Gasteiger partial charge in [-0.1, -0.05) is 25.1 Å². The molecule has 79 heavy (non-hydrogen) atoms. The lowest BCUT2D eigenvalue weighted by atomic mass is 9.91. The zero-order chi connectivity index (χ0) is 56.4. The van der Waals surface area contributed by atoms with Gasteiger partial charge in [0, 0.05) is 24.9 Å². The monoisotopic (exact) mass is 1090 g/mol. The number of rotatable bonds is 27. The number of imide groups is 1. The number of benzene rings is 4. The average molecular weight is 1090 g/mol. The molecule has 7 rings (SSSR count). The van der Waals surface area contributed by atoms with E-state index in [4.69, 9.17) is 47.5 Å². The highest BCUT2D eigenvalue weighted by Crippen LogP contribution is 2.42. The highest BCUT2D eigenvalue weighted by atomic mass is 16.7. The Kier molecular flexibility index (Phi) is 20.7. The number of hydrogen-bond donors (Lipinski definition) is 1. The maximum atomic E-state index is 14.6. The molecule has 4 aromatic carbocycles. The summed E-state index contributed by atoms with van der Waals surface area (Å²) in [7, 11) is 7.63. The Labute approximate surface area is 457 Å². The Morgan fingerprint density at radius 2 is 1.44 bits per heavy atom. The first kappa shape index (κ1) is 58.1. The number of likely N-dealkylation sites (tertiary alicyclic amines) is 1. The van der Waals surface area contributed by atoms with Crippen molar-refractivity contribution >= 4 is 35.6 Å². The van der Waals surface area contributed by atoms with E-state index >= 15 is 0 Å². The van der Waals surface area contributed by atoms with Crippen LogP contribution in [-0.4, -0.2) is 140 Å². The molecule has 0 radical (unpaired) electrons. The van der Waals surface area contributed by atoms with Crippen molar-refractivity contribution in [3.05, 3.63) is 101 Å². The van der Waals surface area contributed by atoms with Crippen molar-refractivity contribution < 1.29 is 76.2 Å². The van der Waals surface area contributed by atoms with Crippen LogP contribution in [0.4, 0.5) is 0 Å². The third-order valence-corrected chi connectivity index (χ3v) is 13.1. The summed E-state index contributed by atoms with van der Waals surface area (Å²) in [6.07, 6.45) is 0.553. The normalized spacial score (nSPS) is 15.3. The van der Waals surface area contributed by atoms with Gasteiger partial charge in [0.15, 0.2) is 35.4 Å². The first-order chi connectivity index (χ1) is 38.2. The zero-order valence-electron chi connectivity index (χ0n) is 45.2. The standard InChI is InChI=1S/C56H65N7O16/c1-8-41(38-30-46(72-5)53(74-7)47(31-38)73-6)55(68)62-26-10-9-14-42(62)56(69)78-43(21-15-35-16-22-44(70-3)45(28-35)71-4)37-12-11-13-40(29-37)76-33-48(64)57-32-52(75-27-25-51(67)79-63-49(65)23-24-50(63)66)77-39-19-17-36(18-20-39)54-60-58-34(2)59-61-54/h11-13,16-20,22,28-31,41-43,52H,8-10,14-15,21,23-27,32-33H2,1-7H3,(H,57,64)/t41-,42-,43+,52?/m0/s1. The van der Waals surface area contributed by atoms with Crippen molar-refractivity contribution in [2.45, 2.75) is 96.0 Å². The molecular formula is C56H65N7O16. The number of hydrogen-bond acceptors (Lipinski definition) is 20. The molecule has 2 fully saturated rings. The van der Waals surface area contributed by atoms with E-state index < -0.39 is 60.6 Å². The molecule has 23 nitrogen and oxygen atoms in total. The first-order valence-corrected chi connectivity index (χ1v) is 25.8. The van der Waals surface area contributed by atoms with Crippen LogP contribution >= 0.6 is 0 Å². The van der Waals surface area contributed by atoms with Crippen molar-refractivity contribution in [1.82, 2.24) is 35.7 Å². The van der Waals surface area contributed by atoms with Crippen molar-refractivity contribution in [3.63, 3.8) is 0 Å². The van der Waals surface area contributed by atoms with E-state index in [9.17, 15) is 28.8 Å². The van der Waals surface area contributed by atoms with Gasteiger partial charge >= 0.3 is 11.9 Å². The number of piperidine rings is 1. The summed E-state index contributed by atoms with van der Waals surface area (Å²) in [6.45, 7) is 2.99. The Hall–Kier alpha value is -8.60. The number of methoxy groups -OCH3 is 5. The van der Waals surface area contributed by atoms with Gasteiger partial charge in [0.2, 0.25) is 23.8 Å². The minimum Gasteiger partial charge on any atom is -0.493 e. The smallest absolute Gasteiger partial charge is 0.335 e. The van der Waals surface area contributed by atoms with Crippen LogP contribution in [0.2, 0.25) is 0 Å². The molecule has 23 heteroatoms. The lowest BCUT2D eigenvalue weighted by Gasteiger charge is -2.37. The molecule has 0 spiro atoms. The average Bonchev–Trinajstić information content (AvgIpc) is 3.85. The third kappa shape index (κ3) is 15.3. The van der Waals surface area contributed by atoms with Crippen LogP contribution in [0, 0.1) is 6.92 Å². The summed E-state index contributed by atoms with van der Waals surface area (Å²) < 4.78 is 52.1. The van der Waals surface area contributed by atoms with E-state index in [0.717, 1.165) is 5.56 Å². The van der Waals surface area contributed by atoms with Crippen LogP contribution in [0.3, 0.4) is 0 Å². The predicted molar refractivity (Wildman–Crippen MR) is 280 cm³/mol. The predicted octanol–water partition coefficient (Wildman–Crippen LogP) is 5.99. The molecular weight excluding hydrogens is 1030 g/mol. The highest BCUT2D eigenvalue weighted by Gasteiger charge is 2.38. The van der Waals surface area contributed by atoms with Gasteiger partial charge in [0.25, 0.3) is 17.7 Å². The SMILES string of the molecule is CC[C@H](C(=O)N1CCCC[C@H]1C(=O)O[C@H](CCc1ccc(OC)c(OC)c1)c1cccc(OCC(=O)NCC(OCCC(=O)ON2C(=O)CCC2=O)Oc2ccc(-c3nnc(C)nn3)cc2)c1)c1cc(OC)c(OC)c(OC)c1. The lowest BCUT2D eigenvalue weighted by Crippen LogP contribution is -2.50. The van der Waals surface area contributed by atoms with E-state index in [0.29, 0.717) is 113 Å². The molecule has 2 aliphatic heterocycles. The van der Waals surface area contributed by atoms with Gasteiger partial charge in [-0.3, -0.25) is 19.2 Å². The van der Waals surface area contributed by atoms with Crippen LogP contribution < -0.4 is 38.5 Å². The van der Waals surface area contributed by atoms with Gasteiger partial charge < -0.3 is 57.7 Å². The van der Waals surface area contributed by atoms with Gasteiger partial charge in [-0.05, 0) is 123 Å². The fraction of sp³-hybridized carbons (Fsp3) is 0.429. The largest absolute Gasteiger partial charge is 0.493 e. The zero-order valence-corrected chi connectivity index (χ0v) is 45.2. The number of carbonyl (C=O) groups excluding carboxylic acids is 6. The van der Waals surface area contributed by atoms with Crippen molar-refractivity contribution in [2.24, 2.45) is 0 Å². The van der Waals surface area contributed by atoms with Gasteiger partial charge in [0.05, 0.1) is 61.0 Å². The number of hydroxylamine groups is 2. The molecule has 420 valence electrons. The minimum atomic E-state index is -1.15. The molecule has 0 bridgehead atoms. The Balaban J connectivity index is 1.04. The molecule has 2 aliphatic rings. The summed E-state index contributed by atoms with van der Waals surface area (Å²) in [5.74, 6) is -0.480. The molecule has 4 atom stereocenters. The fourth-order valence-electron chi connectivity index (χ4n) is 8.99. The second-order valence-electron chi connectivity index (χ2n) is 18.3. The van der Waals surface area contributed by atoms with Crippen molar-refractivity contribution in [1.29, 1.82) is 0 Å². The van der Waals surface area contributed by atoms with Gasteiger partial charge in [0.1, 0.15) is 23.6 Å². The lowest BCUT2D eigenvalue weighted by molar-refractivity contribution is -0.199. The number of amides is 4. The Bertz CT molecular complexity index is 2880. The molecule has 0 saturated carbocycles. The Morgan fingerprint density at radius 3 is 2.10 bits per heavy atom. The molecule has 1 unspecified atom stereocenters. The number of aryl methyl sites for hydroxylation is 2. The van der Waals surface area contributed by atoms with Gasteiger partial charge in [-0.25, -0.2) is 9.59 Å². The maximum absolute atomic E-state index is 14.6. The van der Waals surface area contributed by atoms with Crippen LogP contribution in [0.15, 0.2) is 78.9 Å². The second kappa shape index (κ2) is 28.1. The van der Waals surface area contributed by atoms with E-state index in [1.807, 2.05) is 19.1 Å². The molecule has 2 saturated heterocycles. The molecule has 3 heterocycles. The van der Waals surface area contributed by atoms with Gasteiger partial charge in [-0.15, -0.1) is 25.5 Å². The molecule has 1 N–H and O–H groups in total. The fourth-order valence-corrected chi connectivity index (χ4v) is 8.99. The quantitative estimate of drug-likeness (QED) is 0.0359. The van der Waals surface area contributed by atoms with E-state index in [-0.39, 0.29) is 44.1 Å². The number of aromatic nitrogens is 4. The van der Waals surface area contributed by atoms with Crippen molar-refractivity contribution in [3.8, 4) is 51.6 Å². The summed E-state index contributed by atoms with van der Waals surface area (Å²) >= 11 is 0. The van der Waals surface area contributed by atoms with Crippen LogP contribution in [0.25, 0.3) is 11.4 Å². The van der Waals surface area contributed by atoms with E-state index in [1.54, 1.807) is 92.8 Å². The third-order valence-electron chi connectivity index (χ3n) is 13.1. The molecule has 4 amide bonds. The Morgan fingerprint density at radius 1 is 0.747 bits per heavy atom. The molecule has 0 aliphatic carbocycles. The first-order valence-electron chi connectivity index (χ1n) is 25.8. The van der Waals surface area contributed by atoms with Crippen LogP contribution in [-0.2, 0) is 49.5 Å². The molecule has 5 aromatic rings. The second-order valence-corrected chi connectivity index (χ2v) is 18.3. The summed E-state index contributed by atoms with van der Waals surface area (Å²) in [5.41, 5.74) is 2.72. The number of nitrogens with one attached hydrogen (secondary N) is 1. The van der Waals surface area contributed by atoms with E-state index in [2.05, 4.69) is 25.7 Å². The number of carbonyl (C=O) groups is 6. The van der Waals surface area contributed by atoms with Crippen LogP contribution in [0.1, 0.15) is 92.8 Å². The topological polar surface area (TPSA) is 265 Å².